The Morgan fingerprint density at radius 2 is 0.908 bits per heavy atom. The van der Waals surface area contributed by atoms with Crippen LogP contribution in [-0.4, -0.2) is 15.8 Å². The summed E-state index contributed by atoms with van der Waals surface area (Å²) in [6, 6.07) is 83.4. The molecule has 0 unspecified atom stereocenters. The molecule has 0 radical (unpaired) electrons. The minimum absolute atomic E-state index is 0.0141. The maximum Gasteiger partial charge on any atom is 0.252 e. The highest BCUT2D eigenvalue weighted by Crippen LogP contribution is 2.52. The van der Waals surface area contributed by atoms with Crippen molar-refractivity contribution in [3.05, 3.63) is 230 Å². The highest BCUT2D eigenvalue weighted by Gasteiger charge is 2.44. The van der Waals surface area contributed by atoms with Crippen molar-refractivity contribution in [2.75, 3.05) is 4.90 Å². The molecule has 76 heavy (non-hydrogen) atoms. The topological polar surface area (TPSA) is 13.1 Å². The van der Waals surface area contributed by atoms with Crippen molar-refractivity contribution in [1.82, 2.24) is 9.13 Å². The van der Waals surface area contributed by atoms with Crippen LogP contribution >= 0.6 is 0 Å². The van der Waals surface area contributed by atoms with Crippen molar-refractivity contribution in [3.63, 3.8) is 0 Å². The van der Waals surface area contributed by atoms with Gasteiger partial charge in [-0.25, -0.2) is 0 Å². The molecule has 13 aromatic rings. The van der Waals surface area contributed by atoms with Gasteiger partial charge < -0.3 is 14.0 Å². The smallest absolute Gasteiger partial charge is 0.252 e. The number of anilines is 3. The van der Waals surface area contributed by atoms with Crippen molar-refractivity contribution in [1.29, 1.82) is 0 Å². The fourth-order valence-corrected chi connectivity index (χ4v) is 13.7. The fraction of sp³-hybridized carbons (Fsp3) is 0.111. The van der Waals surface area contributed by atoms with Crippen LogP contribution in [-0.2, 0) is 10.8 Å². The molecule has 0 saturated heterocycles. The molecule has 0 fully saturated rings. The third kappa shape index (κ3) is 6.01. The third-order valence-electron chi connectivity index (χ3n) is 17.3. The molecular formula is C72H54BN3. The van der Waals surface area contributed by atoms with Crippen molar-refractivity contribution >= 4 is 94.5 Å². The first-order valence-corrected chi connectivity index (χ1v) is 27.0. The molecule has 0 bridgehead atoms. The van der Waals surface area contributed by atoms with Gasteiger partial charge in [0.25, 0.3) is 6.71 Å². The van der Waals surface area contributed by atoms with E-state index in [9.17, 15) is 0 Å². The molecule has 0 N–H and O–H groups in total. The minimum Gasteiger partial charge on any atom is -0.311 e. The maximum atomic E-state index is 2.68. The molecule has 11 aromatic carbocycles. The first-order valence-electron chi connectivity index (χ1n) is 27.0. The molecule has 4 heterocycles. The lowest BCUT2D eigenvalue weighted by Gasteiger charge is -2.41. The summed E-state index contributed by atoms with van der Waals surface area (Å²) in [5.41, 5.74) is 27.5. The van der Waals surface area contributed by atoms with Gasteiger partial charge in [-0.05, 0) is 154 Å². The number of benzene rings is 11. The Morgan fingerprint density at radius 3 is 1.57 bits per heavy atom. The SMILES string of the molecule is CC(C)(C)c1ccc2c(c1)c1cc(C(C)(C)C)ccc1n2-c1cc2c3c(c1)-n1c4ccc5cccc6c5c4c4c(ccc(c41)B3c1cc(-c3ccccc3)ccc1N2c1ccc(-c2ccccc2)cc1)-c1ccccc1-6. The normalized spacial score (nSPS) is 13.3. The van der Waals surface area contributed by atoms with Gasteiger partial charge in [0.1, 0.15) is 0 Å². The Labute approximate surface area is 444 Å². The number of aromatic nitrogens is 2. The number of hydrogen-bond donors (Lipinski definition) is 0. The fourth-order valence-electron chi connectivity index (χ4n) is 13.7. The number of fused-ring (bicyclic) bond motifs is 11. The summed E-state index contributed by atoms with van der Waals surface area (Å²) >= 11 is 0. The summed E-state index contributed by atoms with van der Waals surface area (Å²) in [6.45, 7) is 13.9. The maximum absolute atomic E-state index is 2.68. The first-order chi connectivity index (χ1) is 37.0. The number of nitrogens with zero attached hydrogens (tertiary/aromatic N) is 3. The summed E-state index contributed by atoms with van der Waals surface area (Å²) in [6.07, 6.45) is 0. The lowest BCUT2D eigenvalue weighted by molar-refractivity contribution is 0.590. The van der Waals surface area contributed by atoms with Gasteiger partial charge in [0.05, 0.1) is 27.8 Å². The van der Waals surface area contributed by atoms with E-state index in [1.54, 1.807) is 0 Å². The van der Waals surface area contributed by atoms with Gasteiger partial charge in [-0.1, -0.05) is 199 Å². The summed E-state index contributed by atoms with van der Waals surface area (Å²) in [4.78, 5) is 2.58. The van der Waals surface area contributed by atoms with Crippen LogP contribution in [0.4, 0.5) is 17.1 Å². The summed E-state index contributed by atoms with van der Waals surface area (Å²) in [5.74, 6) is 0. The average molecular weight is 972 g/mol. The van der Waals surface area contributed by atoms with Crippen LogP contribution in [0.3, 0.4) is 0 Å². The third-order valence-corrected chi connectivity index (χ3v) is 17.3. The van der Waals surface area contributed by atoms with Gasteiger partial charge in [-0.15, -0.1) is 0 Å². The minimum atomic E-state index is -0.0607. The molecule has 360 valence electrons. The van der Waals surface area contributed by atoms with Gasteiger partial charge >= 0.3 is 0 Å². The van der Waals surface area contributed by atoms with E-state index in [2.05, 4.69) is 274 Å². The predicted molar refractivity (Wildman–Crippen MR) is 325 cm³/mol. The molecule has 0 atom stereocenters. The van der Waals surface area contributed by atoms with E-state index in [-0.39, 0.29) is 17.5 Å². The van der Waals surface area contributed by atoms with Crippen LogP contribution in [0.25, 0.3) is 110 Å². The highest BCUT2D eigenvalue weighted by molar-refractivity contribution is 7.00. The molecule has 0 amide bonds. The molecule has 3 nitrogen and oxygen atoms in total. The molecule has 4 heteroatoms. The molecule has 0 spiro atoms. The van der Waals surface area contributed by atoms with Crippen LogP contribution in [0.2, 0.25) is 0 Å². The van der Waals surface area contributed by atoms with E-state index in [4.69, 9.17) is 0 Å². The second-order valence-electron chi connectivity index (χ2n) is 23.7. The summed E-state index contributed by atoms with van der Waals surface area (Å²) in [7, 11) is 0. The van der Waals surface area contributed by atoms with E-state index in [0.717, 1.165) is 11.4 Å². The Kier molecular flexibility index (Phi) is 8.80. The predicted octanol–water partition coefficient (Wildman–Crippen LogP) is 17.2. The van der Waals surface area contributed by atoms with Crippen molar-refractivity contribution in [2.24, 2.45) is 0 Å². The van der Waals surface area contributed by atoms with E-state index >= 15 is 0 Å². The quantitative estimate of drug-likeness (QED) is 0.160. The van der Waals surface area contributed by atoms with Crippen molar-refractivity contribution in [3.8, 4) is 55.9 Å². The van der Waals surface area contributed by atoms with E-state index in [1.807, 2.05) is 0 Å². The van der Waals surface area contributed by atoms with Crippen molar-refractivity contribution < 1.29 is 0 Å². The van der Waals surface area contributed by atoms with E-state index in [1.165, 1.54) is 143 Å². The van der Waals surface area contributed by atoms with Crippen LogP contribution < -0.4 is 21.3 Å². The molecule has 1 aliphatic carbocycles. The molecule has 2 aromatic heterocycles. The molecular weight excluding hydrogens is 918 g/mol. The highest BCUT2D eigenvalue weighted by atomic mass is 15.2. The Balaban J connectivity index is 1.07. The molecule has 2 aliphatic heterocycles. The van der Waals surface area contributed by atoms with E-state index < -0.39 is 0 Å². The van der Waals surface area contributed by atoms with Gasteiger partial charge in [-0.3, -0.25) is 0 Å². The number of rotatable bonds is 4. The zero-order chi connectivity index (χ0) is 50.9. The molecule has 16 rings (SSSR count). The zero-order valence-corrected chi connectivity index (χ0v) is 43.7. The van der Waals surface area contributed by atoms with E-state index in [0.29, 0.717) is 0 Å². The zero-order valence-electron chi connectivity index (χ0n) is 43.7. The standard InChI is InChI=1S/C72H54BN3/c1-71(2,3)48-28-36-60-56(39-48)57-40-49(72(4,5)6)29-37-61(57)75(60)51-41-64-69-65(42-51)76-63-35-26-46-20-15-23-54-52-21-13-14-22-53(52)55-32-33-58(70(76)67(55)68(63)66(46)54)73(69)59-38-47(44-18-11-8-12-19-44)27-34-62(59)74(64)50-30-24-45(25-31-50)43-16-9-7-10-17-43/h7-42H,1-6H3. The van der Waals surface area contributed by atoms with Gasteiger partial charge in [-0.2, -0.15) is 0 Å². The Hall–Kier alpha value is -8.86. The van der Waals surface area contributed by atoms with Gasteiger partial charge in [0.15, 0.2) is 0 Å². The molecule has 0 saturated carbocycles. The van der Waals surface area contributed by atoms with Crippen LogP contribution in [0, 0.1) is 0 Å². The number of hydrogen-bond acceptors (Lipinski definition) is 1. The van der Waals surface area contributed by atoms with Crippen molar-refractivity contribution in [2.45, 2.75) is 52.4 Å². The lowest BCUT2D eigenvalue weighted by atomic mass is 9.33. The molecule has 3 aliphatic rings. The summed E-state index contributed by atoms with van der Waals surface area (Å²) in [5, 5.41) is 7.85. The first kappa shape index (κ1) is 43.5. The second kappa shape index (κ2) is 15.4. The van der Waals surface area contributed by atoms with Crippen LogP contribution in [0.15, 0.2) is 218 Å². The lowest BCUT2D eigenvalue weighted by Crippen LogP contribution is -2.60. The van der Waals surface area contributed by atoms with Crippen LogP contribution in [0.1, 0.15) is 52.7 Å². The largest absolute Gasteiger partial charge is 0.311 e. The summed E-state index contributed by atoms with van der Waals surface area (Å²) < 4.78 is 5.25. The average Bonchev–Trinajstić information content (AvgIpc) is 4.13. The monoisotopic (exact) mass is 971 g/mol. The second-order valence-corrected chi connectivity index (χ2v) is 23.7. The Bertz CT molecular complexity index is 4570. The van der Waals surface area contributed by atoms with Gasteiger partial charge in [0, 0.05) is 44.3 Å². The van der Waals surface area contributed by atoms with Gasteiger partial charge in [0.2, 0.25) is 0 Å². The van der Waals surface area contributed by atoms with Crippen LogP contribution in [0.5, 0.6) is 0 Å². The Morgan fingerprint density at radius 1 is 0.342 bits per heavy atom.